The van der Waals surface area contributed by atoms with E-state index in [1.165, 1.54) is 13.0 Å². The Balaban J connectivity index is 3.25. The Bertz CT molecular complexity index is 529. The number of benzene rings is 1. The topological polar surface area (TPSA) is 46.2 Å². The van der Waals surface area contributed by atoms with Gasteiger partial charge >= 0.3 is 0 Å². The van der Waals surface area contributed by atoms with Gasteiger partial charge in [-0.1, -0.05) is 13.0 Å². The van der Waals surface area contributed by atoms with Gasteiger partial charge in [0.05, 0.1) is 11.8 Å². The lowest BCUT2D eigenvalue weighted by atomic mass is 10.0. The lowest BCUT2D eigenvalue weighted by Gasteiger charge is -2.19. The molecule has 0 aromatic heterocycles. The number of halogens is 2. The first-order valence-corrected chi connectivity index (χ1v) is 7.68. The van der Waals surface area contributed by atoms with E-state index in [1.807, 2.05) is 0 Å². The van der Waals surface area contributed by atoms with Crippen LogP contribution in [0.15, 0.2) is 12.1 Å². The minimum atomic E-state index is -3.34. The zero-order valence-corrected chi connectivity index (χ0v) is 11.4. The zero-order chi connectivity index (χ0) is 13.9. The van der Waals surface area contributed by atoms with Crippen LogP contribution in [0.4, 0.5) is 8.78 Å². The van der Waals surface area contributed by atoms with E-state index in [0.717, 1.165) is 12.3 Å². The standard InChI is InChI=1S/C12H17F2NO2S/c1-4-15-10(7-18(3,16)17)11-9(13)6-5-8(2)12(11)14/h5-6,10,15H,4,7H2,1-3H3. The van der Waals surface area contributed by atoms with Gasteiger partial charge in [0.2, 0.25) is 0 Å². The van der Waals surface area contributed by atoms with Crippen molar-refractivity contribution in [2.24, 2.45) is 0 Å². The molecule has 0 saturated heterocycles. The summed E-state index contributed by atoms with van der Waals surface area (Å²) in [7, 11) is -3.34. The van der Waals surface area contributed by atoms with Gasteiger partial charge < -0.3 is 5.32 Å². The second-order valence-electron chi connectivity index (χ2n) is 4.29. The molecule has 3 nitrogen and oxygen atoms in total. The minimum Gasteiger partial charge on any atom is -0.309 e. The lowest BCUT2D eigenvalue weighted by Crippen LogP contribution is -2.29. The molecular formula is C12H17F2NO2S. The number of sulfone groups is 1. The molecule has 102 valence electrons. The molecule has 1 N–H and O–H groups in total. The maximum Gasteiger partial charge on any atom is 0.149 e. The Labute approximate surface area is 106 Å². The third-order valence-corrected chi connectivity index (χ3v) is 3.53. The predicted molar refractivity (Wildman–Crippen MR) is 67.2 cm³/mol. The highest BCUT2D eigenvalue weighted by Gasteiger charge is 2.24. The Morgan fingerprint density at radius 3 is 2.44 bits per heavy atom. The highest BCUT2D eigenvalue weighted by atomic mass is 32.2. The third kappa shape index (κ3) is 3.74. The Hall–Kier alpha value is -1.01. The molecule has 0 spiro atoms. The van der Waals surface area contributed by atoms with E-state index in [9.17, 15) is 17.2 Å². The first-order valence-electron chi connectivity index (χ1n) is 5.62. The molecule has 18 heavy (non-hydrogen) atoms. The van der Waals surface area contributed by atoms with Crippen LogP contribution in [-0.4, -0.2) is 27.0 Å². The highest BCUT2D eigenvalue weighted by molar-refractivity contribution is 7.90. The normalized spacial score (nSPS) is 13.6. The van der Waals surface area contributed by atoms with Crippen LogP contribution in [-0.2, 0) is 9.84 Å². The smallest absolute Gasteiger partial charge is 0.149 e. The van der Waals surface area contributed by atoms with Crippen molar-refractivity contribution >= 4 is 9.84 Å². The van der Waals surface area contributed by atoms with Crippen molar-refractivity contribution in [1.29, 1.82) is 0 Å². The monoisotopic (exact) mass is 277 g/mol. The molecule has 0 aliphatic heterocycles. The Morgan fingerprint density at radius 1 is 1.33 bits per heavy atom. The van der Waals surface area contributed by atoms with Crippen LogP contribution in [0.3, 0.4) is 0 Å². The van der Waals surface area contributed by atoms with Crippen molar-refractivity contribution in [1.82, 2.24) is 5.32 Å². The second kappa shape index (κ2) is 5.75. The van der Waals surface area contributed by atoms with Gasteiger partial charge in [-0.25, -0.2) is 17.2 Å². The van der Waals surface area contributed by atoms with Gasteiger partial charge in [-0.15, -0.1) is 0 Å². The van der Waals surface area contributed by atoms with E-state index < -0.39 is 27.5 Å². The average Bonchev–Trinajstić information content (AvgIpc) is 2.22. The molecule has 0 amide bonds. The van der Waals surface area contributed by atoms with Crippen LogP contribution < -0.4 is 5.32 Å². The molecule has 1 unspecified atom stereocenters. The van der Waals surface area contributed by atoms with Gasteiger partial charge in [0.15, 0.2) is 0 Å². The van der Waals surface area contributed by atoms with Crippen LogP contribution in [0.25, 0.3) is 0 Å². The maximum absolute atomic E-state index is 13.9. The van der Waals surface area contributed by atoms with Crippen molar-refractivity contribution in [3.8, 4) is 0 Å². The summed E-state index contributed by atoms with van der Waals surface area (Å²) >= 11 is 0. The molecular weight excluding hydrogens is 260 g/mol. The van der Waals surface area contributed by atoms with Crippen LogP contribution in [0, 0.1) is 18.6 Å². The Kier molecular flexibility index (Phi) is 4.81. The van der Waals surface area contributed by atoms with Crippen molar-refractivity contribution in [3.63, 3.8) is 0 Å². The quantitative estimate of drug-likeness (QED) is 0.895. The number of hydrogen-bond donors (Lipinski definition) is 1. The largest absolute Gasteiger partial charge is 0.309 e. The fourth-order valence-electron chi connectivity index (χ4n) is 1.79. The maximum atomic E-state index is 13.9. The summed E-state index contributed by atoms with van der Waals surface area (Å²) in [5.74, 6) is -1.75. The lowest BCUT2D eigenvalue weighted by molar-refractivity contribution is 0.489. The van der Waals surface area contributed by atoms with E-state index in [2.05, 4.69) is 5.32 Å². The fraction of sp³-hybridized carbons (Fsp3) is 0.500. The molecule has 0 saturated carbocycles. The first-order chi connectivity index (χ1) is 8.26. The molecule has 0 fully saturated rings. The zero-order valence-electron chi connectivity index (χ0n) is 10.6. The van der Waals surface area contributed by atoms with Crippen molar-refractivity contribution in [2.75, 3.05) is 18.6 Å². The van der Waals surface area contributed by atoms with Crippen molar-refractivity contribution in [3.05, 3.63) is 34.9 Å². The van der Waals surface area contributed by atoms with Crippen molar-refractivity contribution in [2.45, 2.75) is 19.9 Å². The molecule has 6 heteroatoms. The highest BCUT2D eigenvalue weighted by Crippen LogP contribution is 2.24. The molecule has 1 rings (SSSR count). The van der Waals surface area contributed by atoms with Gasteiger partial charge in [0, 0.05) is 11.8 Å². The average molecular weight is 277 g/mol. The van der Waals surface area contributed by atoms with E-state index in [4.69, 9.17) is 0 Å². The molecule has 1 aromatic carbocycles. The summed E-state index contributed by atoms with van der Waals surface area (Å²) in [5.41, 5.74) is 0.0880. The van der Waals surface area contributed by atoms with Crippen LogP contribution >= 0.6 is 0 Å². The third-order valence-electron chi connectivity index (χ3n) is 2.59. The number of aryl methyl sites for hydroxylation is 1. The number of hydrogen-bond acceptors (Lipinski definition) is 3. The second-order valence-corrected chi connectivity index (χ2v) is 6.48. The summed E-state index contributed by atoms with van der Waals surface area (Å²) in [5, 5.41) is 2.81. The van der Waals surface area contributed by atoms with Gasteiger partial charge in [0.1, 0.15) is 21.5 Å². The van der Waals surface area contributed by atoms with Gasteiger partial charge in [-0.3, -0.25) is 0 Å². The van der Waals surface area contributed by atoms with Crippen LogP contribution in [0.1, 0.15) is 24.1 Å². The van der Waals surface area contributed by atoms with Crippen molar-refractivity contribution < 1.29 is 17.2 Å². The molecule has 0 radical (unpaired) electrons. The summed E-state index contributed by atoms with van der Waals surface area (Å²) in [4.78, 5) is 0. The van der Waals surface area contributed by atoms with E-state index in [-0.39, 0.29) is 11.3 Å². The number of nitrogens with one attached hydrogen (secondary N) is 1. The van der Waals surface area contributed by atoms with Gasteiger partial charge in [-0.2, -0.15) is 0 Å². The summed E-state index contributed by atoms with van der Waals surface area (Å²) < 4.78 is 50.3. The fourth-order valence-corrected chi connectivity index (χ4v) is 2.68. The molecule has 1 atom stereocenters. The van der Waals surface area contributed by atoms with Gasteiger partial charge in [-0.05, 0) is 25.1 Å². The minimum absolute atomic E-state index is 0.206. The molecule has 0 heterocycles. The van der Waals surface area contributed by atoms with Crippen LogP contribution in [0.5, 0.6) is 0 Å². The summed E-state index contributed by atoms with van der Waals surface area (Å²) in [6.07, 6.45) is 1.04. The SMILES string of the molecule is CCNC(CS(C)(=O)=O)c1c(F)ccc(C)c1F. The molecule has 0 bridgehead atoms. The van der Waals surface area contributed by atoms with Gasteiger partial charge in [0.25, 0.3) is 0 Å². The van der Waals surface area contributed by atoms with E-state index >= 15 is 0 Å². The first kappa shape index (κ1) is 15.0. The molecule has 1 aromatic rings. The number of rotatable bonds is 5. The predicted octanol–water partition coefficient (Wildman–Crippen LogP) is 1.97. The van der Waals surface area contributed by atoms with E-state index in [0.29, 0.717) is 12.1 Å². The molecule has 0 aliphatic carbocycles. The Morgan fingerprint density at radius 2 is 1.94 bits per heavy atom. The van der Waals surface area contributed by atoms with Crippen LogP contribution in [0.2, 0.25) is 0 Å². The summed E-state index contributed by atoms with van der Waals surface area (Å²) in [6, 6.07) is 1.61. The molecule has 0 aliphatic rings. The summed E-state index contributed by atoms with van der Waals surface area (Å²) in [6.45, 7) is 3.69. The van der Waals surface area contributed by atoms with E-state index in [1.54, 1.807) is 6.92 Å².